The molecule has 0 bridgehead atoms. The van der Waals surface area contributed by atoms with Gasteiger partial charge in [-0.15, -0.1) is 0 Å². The number of amides is 1. The van der Waals surface area contributed by atoms with E-state index in [1.54, 1.807) is 0 Å². The number of rotatable bonds is 7. The van der Waals surface area contributed by atoms with E-state index in [1.807, 2.05) is 11.8 Å². The largest absolute Gasteiger partial charge is 0.355 e. The van der Waals surface area contributed by atoms with E-state index in [4.69, 9.17) is 0 Å². The van der Waals surface area contributed by atoms with Crippen LogP contribution in [-0.4, -0.2) is 37.0 Å². The average molecular weight is 244 g/mol. The summed E-state index contributed by atoms with van der Waals surface area (Å²) in [4.78, 5) is 11.8. The predicted octanol–water partition coefficient (Wildman–Crippen LogP) is 1.63. The molecule has 1 heterocycles. The molecule has 0 radical (unpaired) electrons. The molecule has 1 aliphatic rings. The lowest BCUT2D eigenvalue weighted by Gasteiger charge is -2.15. The first-order valence-electron chi connectivity index (χ1n) is 6.25. The van der Waals surface area contributed by atoms with E-state index in [0.29, 0.717) is 5.92 Å². The lowest BCUT2D eigenvalue weighted by atomic mass is 10.0. The minimum absolute atomic E-state index is 0.0474. The monoisotopic (exact) mass is 244 g/mol. The van der Waals surface area contributed by atoms with Gasteiger partial charge in [0.25, 0.3) is 0 Å². The summed E-state index contributed by atoms with van der Waals surface area (Å²) >= 11 is 1.89. The minimum atomic E-state index is 0.0474. The summed E-state index contributed by atoms with van der Waals surface area (Å²) in [5.74, 6) is 1.90. The van der Waals surface area contributed by atoms with Crippen molar-refractivity contribution in [2.24, 2.45) is 5.92 Å². The third-order valence-electron chi connectivity index (χ3n) is 3.14. The number of unbranched alkanes of at least 4 members (excludes halogenated alkanes) is 2. The zero-order valence-electron chi connectivity index (χ0n) is 10.4. The molecule has 1 rings (SSSR count). The van der Waals surface area contributed by atoms with E-state index < -0.39 is 0 Å². The topological polar surface area (TPSA) is 41.1 Å². The lowest BCUT2D eigenvalue weighted by Crippen LogP contribution is -2.43. The van der Waals surface area contributed by atoms with Crippen LogP contribution in [0.15, 0.2) is 0 Å². The van der Waals surface area contributed by atoms with Crippen LogP contribution in [0.5, 0.6) is 0 Å². The molecule has 2 atom stereocenters. The van der Waals surface area contributed by atoms with Crippen molar-refractivity contribution in [3.63, 3.8) is 0 Å². The van der Waals surface area contributed by atoms with Crippen LogP contribution in [0.3, 0.4) is 0 Å². The first-order chi connectivity index (χ1) is 7.75. The van der Waals surface area contributed by atoms with Crippen LogP contribution in [0.1, 0.15) is 32.6 Å². The first kappa shape index (κ1) is 13.8. The van der Waals surface area contributed by atoms with Crippen molar-refractivity contribution in [1.29, 1.82) is 0 Å². The van der Waals surface area contributed by atoms with Gasteiger partial charge in [0.15, 0.2) is 0 Å². The molecule has 0 aromatic carbocycles. The number of thioether (sulfide) groups is 1. The Bertz CT molecular complexity index is 211. The van der Waals surface area contributed by atoms with Gasteiger partial charge in [-0.05, 0) is 43.7 Å². The lowest BCUT2D eigenvalue weighted by molar-refractivity contribution is -0.123. The fraction of sp³-hybridized carbons (Fsp3) is 0.917. The van der Waals surface area contributed by atoms with Crippen LogP contribution < -0.4 is 10.6 Å². The maximum atomic E-state index is 11.8. The molecule has 94 valence electrons. The third-order valence-corrected chi connectivity index (χ3v) is 3.84. The summed E-state index contributed by atoms with van der Waals surface area (Å²) < 4.78 is 0. The molecule has 2 unspecified atom stereocenters. The summed E-state index contributed by atoms with van der Waals surface area (Å²) in [6.07, 6.45) is 6.83. The highest BCUT2D eigenvalue weighted by Gasteiger charge is 2.28. The molecule has 2 N–H and O–H groups in total. The molecule has 0 aliphatic carbocycles. The van der Waals surface area contributed by atoms with Crippen molar-refractivity contribution in [1.82, 2.24) is 10.6 Å². The van der Waals surface area contributed by atoms with Crippen LogP contribution in [0.25, 0.3) is 0 Å². The maximum absolute atomic E-state index is 11.8. The zero-order valence-corrected chi connectivity index (χ0v) is 11.2. The van der Waals surface area contributed by atoms with E-state index in [9.17, 15) is 4.79 Å². The van der Waals surface area contributed by atoms with Crippen LogP contribution in [0.4, 0.5) is 0 Å². The van der Waals surface area contributed by atoms with E-state index in [0.717, 1.165) is 25.9 Å². The second-order valence-electron chi connectivity index (χ2n) is 4.54. The standard InChI is InChI=1S/C12H24N2OS/c1-10-6-8-13-11(10)12(15)14-7-4-3-5-9-16-2/h10-11,13H,3-9H2,1-2H3,(H,14,15). The Morgan fingerprint density at radius 1 is 1.44 bits per heavy atom. The van der Waals surface area contributed by atoms with E-state index in [1.165, 1.54) is 18.6 Å². The molecule has 1 fully saturated rings. The molecule has 0 saturated carbocycles. The van der Waals surface area contributed by atoms with Crippen LogP contribution in [0.2, 0.25) is 0 Å². The Morgan fingerprint density at radius 3 is 2.88 bits per heavy atom. The Labute approximate surface area is 103 Å². The molecule has 3 nitrogen and oxygen atoms in total. The van der Waals surface area contributed by atoms with Gasteiger partial charge in [-0.2, -0.15) is 11.8 Å². The SMILES string of the molecule is CSCCCCCNC(=O)C1NCCC1C. The number of nitrogens with one attached hydrogen (secondary N) is 2. The highest BCUT2D eigenvalue weighted by atomic mass is 32.2. The van der Waals surface area contributed by atoms with Crippen molar-refractivity contribution in [3.8, 4) is 0 Å². The fourth-order valence-electron chi connectivity index (χ4n) is 2.06. The quantitative estimate of drug-likeness (QED) is 0.669. The van der Waals surface area contributed by atoms with Gasteiger partial charge >= 0.3 is 0 Å². The van der Waals surface area contributed by atoms with Crippen molar-refractivity contribution in [2.45, 2.75) is 38.6 Å². The number of carbonyl (C=O) groups excluding carboxylic acids is 1. The van der Waals surface area contributed by atoms with Crippen LogP contribution >= 0.6 is 11.8 Å². The second kappa shape index (κ2) is 7.96. The number of hydrogen-bond donors (Lipinski definition) is 2. The van der Waals surface area contributed by atoms with E-state index in [-0.39, 0.29) is 11.9 Å². The summed E-state index contributed by atoms with van der Waals surface area (Å²) in [5.41, 5.74) is 0. The highest BCUT2D eigenvalue weighted by Crippen LogP contribution is 2.14. The first-order valence-corrected chi connectivity index (χ1v) is 7.65. The minimum Gasteiger partial charge on any atom is -0.355 e. The Morgan fingerprint density at radius 2 is 2.25 bits per heavy atom. The van der Waals surface area contributed by atoms with Gasteiger partial charge in [-0.1, -0.05) is 13.3 Å². The second-order valence-corrected chi connectivity index (χ2v) is 5.53. The molecule has 1 amide bonds. The van der Waals surface area contributed by atoms with Crippen molar-refractivity contribution < 1.29 is 4.79 Å². The Kier molecular flexibility index (Phi) is 6.88. The highest BCUT2D eigenvalue weighted by molar-refractivity contribution is 7.98. The van der Waals surface area contributed by atoms with Gasteiger partial charge in [0.2, 0.25) is 5.91 Å². The summed E-state index contributed by atoms with van der Waals surface area (Å²) in [6, 6.07) is 0.0474. The molecule has 16 heavy (non-hydrogen) atoms. The van der Waals surface area contributed by atoms with Crippen LogP contribution in [-0.2, 0) is 4.79 Å². The maximum Gasteiger partial charge on any atom is 0.237 e. The van der Waals surface area contributed by atoms with Gasteiger partial charge in [0.05, 0.1) is 6.04 Å². The molecule has 1 aliphatic heterocycles. The zero-order chi connectivity index (χ0) is 11.8. The summed E-state index contributed by atoms with van der Waals surface area (Å²) in [7, 11) is 0. The summed E-state index contributed by atoms with van der Waals surface area (Å²) in [6.45, 7) is 3.95. The fourth-order valence-corrected chi connectivity index (χ4v) is 2.55. The summed E-state index contributed by atoms with van der Waals surface area (Å²) in [5, 5.41) is 6.28. The van der Waals surface area contributed by atoms with Gasteiger partial charge in [0, 0.05) is 6.54 Å². The molecular weight excluding hydrogens is 220 g/mol. The molecule has 0 aromatic heterocycles. The number of hydrogen-bond acceptors (Lipinski definition) is 3. The number of carbonyl (C=O) groups is 1. The van der Waals surface area contributed by atoms with Crippen molar-refractivity contribution in [2.75, 3.05) is 25.1 Å². The van der Waals surface area contributed by atoms with Crippen molar-refractivity contribution >= 4 is 17.7 Å². The Balaban J connectivity index is 2.02. The van der Waals surface area contributed by atoms with Gasteiger partial charge in [-0.3, -0.25) is 4.79 Å². The molecular formula is C12H24N2OS. The predicted molar refractivity (Wildman–Crippen MR) is 70.8 cm³/mol. The van der Waals surface area contributed by atoms with Crippen molar-refractivity contribution in [3.05, 3.63) is 0 Å². The van der Waals surface area contributed by atoms with Gasteiger partial charge in [0.1, 0.15) is 0 Å². The van der Waals surface area contributed by atoms with E-state index >= 15 is 0 Å². The average Bonchev–Trinajstić information content (AvgIpc) is 2.69. The smallest absolute Gasteiger partial charge is 0.237 e. The molecule has 4 heteroatoms. The normalized spacial score (nSPS) is 24.6. The molecule has 1 saturated heterocycles. The Hall–Kier alpha value is -0.220. The van der Waals surface area contributed by atoms with E-state index in [2.05, 4.69) is 23.8 Å². The third kappa shape index (κ3) is 4.74. The van der Waals surface area contributed by atoms with Crippen LogP contribution in [0, 0.1) is 5.92 Å². The van der Waals surface area contributed by atoms with Gasteiger partial charge < -0.3 is 10.6 Å². The molecule has 0 aromatic rings. The molecule has 0 spiro atoms. The van der Waals surface area contributed by atoms with Gasteiger partial charge in [-0.25, -0.2) is 0 Å².